The number of rotatable bonds is 6. The summed E-state index contributed by atoms with van der Waals surface area (Å²) < 4.78 is 17.0. The van der Waals surface area contributed by atoms with Gasteiger partial charge in [0.05, 0.1) is 24.0 Å². The number of thioether (sulfide) groups is 1. The number of hydrogen-bond acceptors (Lipinski definition) is 8. The fraction of sp³-hybridized carbons (Fsp3) is 0.231. The van der Waals surface area contributed by atoms with Gasteiger partial charge in [-0.2, -0.15) is 5.10 Å². The summed E-state index contributed by atoms with van der Waals surface area (Å²) in [5.41, 5.74) is 2.86. The number of hydrazone groups is 1. The van der Waals surface area contributed by atoms with Gasteiger partial charge in [0.25, 0.3) is 11.1 Å². The molecule has 0 radical (unpaired) electrons. The van der Waals surface area contributed by atoms with E-state index in [-0.39, 0.29) is 23.6 Å². The van der Waals surface area contributed by atoms with Crippen LogP contribution in [-0.2, 0) is 4.79 Å². The molecule has 176 valence electrons. The lowest BCUT2D eigenvalue weighted by atomic mass is 9.79. The molecule has 1 amide bonds. The molecular weight excluding hydrogens is 464 g/mol. The maximum atomic E-state index is 13.4. The van der Waals surface area contributed by atoms with Crippen LogP contribution < -0.4 is 0 Å². The van der Waals surface area contributed by atoms with Gasteiger partial charge >= 0.3 is 0 Å². The lowest BCUT2D eigenvalue weighted by Crippen LogP contribution is -2.32. The van der Waals surface area contributed by atoms with E-state index in [1.54, 1.807) is 17.5 Å². The molecule has 2 aliphatic rings. The van der Waals surface area contributed by atoms with Crippen molar-refractivity contribution < 1.29 is 18.0 Å². The second kappa shape index (κ2) is 9.42. The van der Waals surface area contributed by atoms with E-state index in [1.165, 1.54) is 11.8 Å². The Kier molecular flexibility index (Phi) is 5.83. The average Bonchev–Trinajstić information content (AvgIpc) is 3.69. The highest BCUT2D eigenvalue weighted by Gasteiger charge is 2.45. The van der Waals surface area contributed by atoms with E-state index >= 15 is 0 Å². The predicted molar refractivity (Wildman–Crippen MR) is 130 cm³/mol. The minimum Gasteiger partial charge on any atom is -0.467 e. The summed E-state index contributed by atoms with van der Waals surface area (Å²) in [7, 11) is 0. The predicted octanol–water partition coefficient (Wildman–Crippen LogP) is 5.84. The summed E-state index contributed by atoms with van der Waals surface area (Å²) in [5.74, 6) is 1.98. The van der Waals surface area contributed by atoms with Gasteiger partial charge < -0.3 is 13.3 Å². The standard InChI is InChI=1S/C26H22N4O4S/c31-22(16-35-26-28-27-25(34-26)17-7-2-1-3-8-17)30-24(21-12-6-14-33-21)20-11-4-9-18(23(20)29-30)15-19-10-5-13-32-19/h1-3,5-8,10,12-15,20,24H,4,9,11,16H2/b18-15+. The van der Waals surface area contributed by atoms with E-state index in [1.807, 2.05) is 60.7 Å². The van der Waals surface area contributed by atoms with Crippen molar-refractivity contribution >= 4 is 29.5 Å². The van der Waals surface area contributed by atoms with Crippen LogP contribution in [0.1, 0.15) is 36.8 Å². The smallest absolute Gasteiger partial charge is 0.277 e. The number of aromatic nitrogens is 2. The van der Waals surface area contributed by atoms with Gasteiger partial charge in [0.1, 0.15) is 17.6 Å². The quantitative estimate of drug-likeness (QED) is 0.316. The first kappa shape index (κ1) is 21.7. The summed E-state index contributed by atoms with van der Waals surface area (Å²) >= 11 is 1.21. The maximum Gasteiger partial charge on any atom is 0.277 e. The van der Waals surface area contributed by atoms with E-state index in [9.17, 15) is 4.79 Å². The summed E-state index contributed by atoms with van der Waals surface area (Å²) in [6, 6.07) is 16.8. The van der Waals surface area contributed by atoms with Gasteiger partial charge in [0.2, 0.25) is 5.89 Å². The third kappa shape index (κ3) is 4.35. The van der Waals surface area contributed by atoms with Crippen LogP contribution in [0.3, 0.4) is 0 Å². The zero-order valence-corrected chi connectivity index (χ0v) is 19.6. The molecule has 2 atom stereocenters. The third-order valence-corrected chi connectivity index (χ3v) is 7.00. The van der Waals surface area contributed by atoms with Gasteiger partial charge in [-0.15, -0.1) is 10.2 Å². The monoisotopic (exact) mass is 486 g/mol. The number of hydrogen-bond donors (Lipinski definition) is 0. The van der Waals surface area contributed by atoms with E-state index in [0.717, 1.165) is 47.6 Å². The van der Waals surface area contributed by atoms with Crippen molar-refractivity contribution in [2.24, 2.45) is 11.0 Å². The van der Waals surface area contributed by atoms with Gasteiger partial charge in [-0.25, -0.2) is 5.01 Å². The number of fused-ring (bicyclic) bond motifs is 1. The number of carbonyl (C=O) groups excluding carboxylic acids is 1. The molecule has 1 aromatic carbocycles. The van der Waals surface area contributed by atoms with Crippen LogP contribution >= 0.6 is 11.8 Å². The molecule has 6 rings (SSSR count). The molecule has 1 aliphatic carbocycles. The summed E-state index contributed by atoms with van der Waals surface area (Å²) in [4.78, 5) is 13.4. The van der Waals surface area contributed by atoms with Gasteiger partial charge in [0, 0.05) is 11.5 Å². The molecule has 8 nitrogen and oxygen atoms in total. The highest BCUT2D eigenvalue weighted by Crippen LogP contribution is 2.44. The fourth-order valence-corrected chi connectivity index (χ4v) is 5.26. The molecule has 0 spiro atoms. The Morgan fingerprint density at radius 3 is 2.71 bits per heavy atom. The first-order valence-corrected chi connectivity index (χ1v) is 12.4. The van der Waals surface area contributed by atoms with Crippen molar-refractivity contribution in [1.82, 2.24) is 15.2 Å². The van der Waals surface area contributed by atoms with Crippen LogP contribution in [0, 0.1) is 5.92 Å². The average molecular weight is 487 g/mol. The molecule has 1 aliphatic heterocycles. The molecule has 1 saturated carbocycles. The number of nitrogens with zero attached hydrogens (tertiary/aromatic N) is 4. The first-order chi connectivity index (χ1) is 17.3. The lowest BCUT2D eigenvalue weighted by Gasteiger charge is -2.27. The Bertz CT molecular complexity index is 1360. The van der Waals surface area contributed by atoms with Crippen molar-refractivity contribution in [3.63, 3.8) is 0 Å². The van der Waals surface area contributed by atoms with Gasteiger partial charge in [-0.1, -0.05) is 30.0 Å². The van der Waals surface area contributed by atoms with Crippen molar-refractivity contribution in [3.8, 4) is 11.5 Å². The Labute approximate surface area is 205 Å². The number of benzene rings is 1. The molecule has 4 heterocycles. The minimum atomic E-state index is -0.282. The van der Waals surface area contributed by atoms with Crippen molar-refractivity contribution in [1.29, 1.82) is 0 Å². The molecule has 4 aromatic rings. The molecule has 0 saturated heterocycles. The molecule has 3 aromatic heterocycles. The van der Waals surface area contributed by atoms with Crippen LogP contribution in [0.25, 0.3) is 17.5 Å². The Balaban J connectivity index is 1.24. The van der Waals surface area contributed by atoms with Crippen molar-refractivity contribution in [3.05, 3.63) is 84.2 Å². The number of furan rings is 2. The van der Waals surface area contributed by atoms with Crippen molar-refractivity contribution in [2.45, 2.75) is 30.5 Å². The first-order valence-electron chi connectivity index (χ1n) is 11.5. The van der Waals surface area contributed by atoms with E-state index in [4.69, 9.17) is 18.4 Å². The molecule has 1 fully saturated rings. The second-order valence-electron chi connectivity index (χ2n) is 8.40. The normalized spacial score (nSPS) is 20.7. The lowest BCUT2D eigenvalue weighted by molar-refractivity contribution is -0.131. The van der Waals surface area contributed by atoms with Gasteiger partial charge in [0.15, 0.2) is 0 Å². The zero-order valence-electron chi connectivity index (χ0n) is 18.7. The molecule has 2 unspecified atom stereocenters. The maximum absolute atomic E-state index is 13.4. The SMILES string of the molecule is O=C(CSc1nnc(-c2ccccc2)o1)N1N=C2/C(=C/c3ccco3)CCCC2C1c1ccco1. The summed E-state index contributed by atoms with van der Waals surface area (Å²) in [6.45, 7) is 0. The van der Waals surface area contributed by atoms with Crippen molar-refractivity contribution in [2.75, 3.05) is 5.75 Å². The zero-order chi connectivity index (χ0) is 23.6. The summed E-state index contributed by atoms with van der Waals surface area (Å²) in [5, 5.41) is 14.9. The number of amides is 1. The van der Waals surface area contributed by atoms with E-state index in [0.29, 0.717) is 11.1 Å². The van der Waals surface area contributed by atoms with Crippen LogP contribution in [-0.4, -0.2) is 32.6 Å². The Morgan fingerprint density at radius 2 is 1.91 bits per heavy atom. The third-order valence-electron chi connectivity index (χ3n) is 6.20. The highest BCUT2D eigenvalue weighted by molar-refractivity contribution is 7.99. The molecule has 35 heavy (non-hydrogen) atoms. The topological polar surface area (TPSA) is 97.9 Å². The minimum absolute atomic E-state index is 0.0677. The van der Waals surface area contributed by atoms with E-state index in [2.05, 4.69) is 10.2 Å². The van der Waals surface area contributed by atoms with Crippen LogP contribution in [0.2, 0.25) is 0 Å². The number of carbonyl (C=O) groups is 1. The van der Waals surface area contributed by atoms with Crippen LogP contribution in [0.4, 0.5) is 0 Å². The molecular formula is C26H22N4O4S. The highest BCUT2D eigenvalue weighted by atomic mass is 32.2. The molecule has 0 bridgehead atoms. The summed E-state index contributed by atoms with van der Waals surface area (Å²) in [6.07, 6.45) is 8.15. The van der Waals surface area contributed by atoms with Gasteiger partial charge in [-0.05, 0) is 67.3 Å². The van der Waals surface area contributed by atoms with E-state index < -0.39 is 0 Å². The largest absolute Gasteiger partial charge is 0.467 e. The van der Waals surface area contributed by atoms with Crippen LogP contribution in [0.5, 0.6) is 0 Å². The molecule has 0 N–H and O–H groups in total. The fourth-order valence-electron chi connectivity index (χ4n) is 4.65. The van der Waals surface area contributed by atoms with Crippen LogP contribution in [0.15, 0.2) is 96.3 Å². The molecule has 9 heteroatoms. The number of allylic oxidation sites excluding steroid dienone is 1. The Morgan fingerprint density at radius 1 is 1.06 bits per heavy atom. The second-order valence-corrected chi connectivity index (χ2v) is 9.32. The Hall–Kier alpha value is -3.85. The van der Waals surface area contributed by atoms with Gasteiger partial charge in [-0.3, -0.25) is 4.79 Å².